The number of ether oxygens (including phenoxy) is 1. The molecule has 4 rings (SSSR count). The third kappa shape index (κ3) is 1.82. The molecule has 1 aliphatic carbocycles. The largest absolute Gasteiger partial charge is 0.480 e. The summed E-state index contributed by atoms with van der Waals surface area (Å²) in [4.78, 5) is 38.4. The van der Waals surface area contributed by atoms with E-state index in [1.54, 1.807) is 55.5 Å². The molecule has 0 spiro atoms. The summed E-state index contributed by atoms with van der Waals surface area (Å²) in [7, 11) is 0. The molecule has 3 unspecified atom stereocenters. The molecule has 132 valence electrons. The second kappa shape index (κ2) is 5.51. The highest BCUT2D eigenvalue weighted by Gasteiger charge is 2.89. The minimum atomic E-state index is -1.87. The number of carboxylic acid groups (broad SMARTS) is 1. The van der Waals surface area contributed by atoms with Crippen molar-refractivity contribution in [1.29, 1.82) is 0 Å². The van der Waals surface area contributed by atoms with E-state index in [0.29, 0.717) is 16.9 Å². The van der Waals surface area contributed by atoms with Gasteiger partial charge in [-0.3, -0.25) is 14.4 Å². The van der Waals surface area contributed by atoms with E-state index in [-0.39, 0.29) is 12.2 Å². The molecule has 0 radical (unpaired) electrons. The summed E-state index contributed by atoms with van der Waals surface area (Å²) in [6.07, 6.45) is 0.225. The lowest BCUT2D eigenvalue weighted by atomic mass is 9.83. The van der Waals surface area contributed by atoms with E-state index in [0.717, 1.165) is 4.47 Å². The lowest BCUT2D eigenvalue weighted by Gasteiger charge is -2.20. The number of para-hydroxylation sites is 1. The van der Waals surface area contributed by atoms with Gasteiger partial charge in [-0.15, -0.1) is 0 Å². The fraction of sp³-hybridized carbons (Fsp3) is 0.250. The molecule has 2 aromatic carbocycles. The van der Waals surface area contributed by atoms with E-state index < -0.39 is 28.7 Å². The Morgan fingerprint density at radius 3 is 2.42 bits per heavy atom. The van der Waals surface area contributed by atoms with Gasteiger partial charge in [0.05, 0.1) is 5.41 Å². The molecule has 1 N–H and O–H groups in total. The molecule has 2 aliphatic rings. The highest BCUT2D eigenvalue weighted by atomic mass is 79.9. The standard InChI is InChI=1S/C20H15BrO5/c1-2-19(16(22)11-7-9-12(21)10-8-11)15-13-5-3-4-6-14(13)26-18(25)20(15,19)17(23)24/h3-10,15H,2H2,1H3,(H,23,24). The van der Waals surface area contributed by atoms with Gasteiger partial charge >= 0.3 is 11.9 Å². The number of carbonyl (C=O) groups excluding carboxylic acids is 2. The number of ketones is 1. The number of Topliss-reactive ketones (excluding diaryl/α,β-unsaturated/α-hetero) is 1. The second-order valence-corrected chi connectivity index (χ2v) is 7.55. The monoisotopic (exact) mass is 414 g/mol. The minimum Gasteiger partial charge on any atom is -0.480 e. The van der Waals surface area contributed by atoms with Crippen LogP contribution in [0.3, 0.4) is 0 Å². The number of benzene rings is 2. The molecule has 0 aromatic heterocycles. The van der Waals surface area contributed by atoms with Gasteiger partial charge in [0.15, 0.2) is 11.2 Å². The molecule has 0 amide bonds. The van der Waals surface area contributed by atoms with Crippen LogP contribution in [-0.2, 0) is 9.59 Å². The predicted molar refractivity (Wildman–Crippen MR) is 96.1 cm³/mol. The molecule has 1 heterocycles. The molecular weight excluding hydrogens is 400 g/mol. The fourth-order valence-electron chi connectivity index (χ4n) is 4.54. The van der Waals surface area contributed by atoms with Crippen LogP contribution in [0.15, 0.2) is 53.0 Å². The van der Waals surface area contributed by atoms with E-state index in [4.69, 9.17) is 4.74 Å². The Hall–Kier alpha value is -2.47. The second-order valence-electron chi connectivity index (χ2n) is 6.63. The van der Waals surface area contributed by atoms with Gasteiger partial charge in [-0.2, -0.15) is 0 Å². The Balaban J connectivity index is 1.93. The van der Waals surface area contributed by atoms with Crippen molar-refractivity contribution in [2.75, 3.05) is 0 Å². The zero-order chi connectivity index (χ0) is 18.7. The smallest absolute Gasteiger partial charge is 0.330 e. The first kappa shape index (κ1) is 17.0. The maximum atomic E-state index is 13.4. The van der Waals surface area contributed by atoms with E-state index >= 15 is 0 Å². The van der Waals surface area contributed by atoms with Crippen LogP contribution >= 0.6 is 15.9 Å². The Morgan fingerprint density at radius 1 is 1.15 bits per heavy atom. The molecule has 0 saturated heterocycles. The topological polar surface area (TPSA) is 80.7 Å². The van der Waals surface area contributed by atoms with Crippen LogP contribution in [0.5, 0.6) is 5.75 Å². The van der Waals surface area contributed by atoms with Crippen LogP contribution in [0, 0.1) is 10.8 Å². The predicted octanol–water partition coefficient (Wildman–Crippen LogP) is 3.82. The average Bonchev–Trinajstić information content (AvgIpc) is 3.29. The van der Waals surface area contributed by atoms with Crippen LogP contribution < -0.4 is 4.74 Å². The SMILES string of the molecule is CCC1(C(=O)c2ccc(Br)cc2)C2c3ccccc3OC(=O)C21C(=O)O. The molecule has 1 fully saturated rings. The summed E-state index contributed by atoms with van der Waals surface area (Å²) in [6.45, 7) is 1.75. The maximum Gasteiger partial charge on any atom is 0.330 e. The van der Waals surface area contributed by atoms with Gasteiger partial charge in [0.25, 0.3) is 0 Å². The molecule has 5 nitrogen and oxygen atoms in total. The lowest BCUT2D eigenvalue weighted by molar-refractivity contribution is -0.158. The van der Waals surface area contributed by atoms with Gasteiger partial charge in [0.1, 0.15) is 5.75 Å². The number of fused-ring (bicyclic) bond motifs is 3. The Morgan fingerprint density at radius 2 is 1.81 bits per heavy atom. The molecular formula is C20H15BrO5. The van der Waals surface area contributed by atoms with Crippen LogP contribution in [-0.4, -0.2) is 22.8 Å². The number of halogens is 1. The summed E-state index contributed by atoms with van der Waals surface area (Å²) >= 11 is 3.32. The summed E-state index contributed by atoms with van der Waals surface area (Å²) in [5.74, 6) is -2.91. The van der Waals surface area contributed by atoms with Crippen molar-refractivity contribution in [3.63, 3.8) is 0 Å². The van der Waals surface area contributed by atoms with Crippen LogP contribution in [0.2, 0.25) is 0 Å². The normalized spacial score (nSPS) is 28.5. The van der Waals surface area contributed by atoms with Crippen molar-refractivity contribution in [2.45, 2.75) is 19.3 Å². The molecule has 3 atom stereocenters. The number of carboxylic acids is 1. The van der Waals surface area contributed by atoms with Crippen molar-refractivity contribution in [1.82, 2.24) is 0 Å². The zero-order valence-electron chi connectivity index (χ0n) is 13.9. The highest BCUT2D eigenvalue weighted by molar-refractivity contribution is 9.10. The third-order valence-corrected chi connectivity index (χ3v) is 6.24. The molecule has 6 heteroatoms. The Kier molecular flexibility index (Phi) is 3.60. The molecule has 0 bridgehead atoms. The average molecular weight is 415 g/mol. The first-order valence-corrected chi connectivity index (χ1v) is 9.05. The minimum absolute atomic E-state index is 0.225. The first-order valence-electron chi connectivity index (χ1n) is 8.26. The van der Waals surface area contributed by atoms with Gasteiger partial charge in [0.2, 0.25) is 0 Å². The number of hydrogen-bond acceptors (Lipinski definition) is 4. The maximum absolute atomic E-state index is 13.4. The van der Waals surface area contributed by atoms with Crippen molar-refractivity contribution >= 4 is 33.7 Å². The van der Waals surface area contributed by atoms with E-state index in [1.807, 2.05) is 0 Å². The third-order valence-electron chi connectivity index (χ3n) is 5.71. The van der Waals surface area contributed by atoms with E-state index in [1.165, 1.54) is 0 Å². The van der Waals surface area contributed by atoms with Crippen LogP contribution in [0.4, 0.5) is 0 Å². The van der Waals surface area contributed by atoms with Crippen LogP contribution in [0.25, 0.3) is 0 Å². The van der Waals surface area contributed by atoms with Crippen molar-refractivity contribution in [2.24, 2.45) is 10.8 Å². The van der Waals surface area contributed by atoms with Gasteiger partial charge in [-0.25, -0.2) is 0 Å². The van der Waals surface area contributed by atoms with Gasteiger partial charge in [-0.05, 0) is 24.6 Å². The summed E-state index contributed by atoms with van der Waals surface area (Å²) in [5, 5.41) is 9.98. The fourth-order valence-corrected chi connectivity index (χ4v) is 4.80. The van der Waals surface area contributed by atoms with Crippen molar-refractivity contribution < 1.29 is 24.2 Å². The number of rotatable bonds is 4. The zero-order valence-corrected chi connectivity index (χ0v) is 15.4. The Bertz CT molecular complexity index is 951. The van der Waals surface area contributed by atoms with Crippen molar-refractivity contribution in [3.05, 3.63) is 64.1 Å². The number of esters is 1. The number of carbonyl (C=O) groups is 3. The molecule has 2 aromatic rings. The first-order chi connectivity index (χ1) is 12.4. The Labute approximate surface area is 158 Å². The summed E-state index contributed by atoms with van der Waals surface area (Å²) < 4.78 is 6.14. The van der Waals surface area contributed by atoms with Gasteiger partial charge < -0.3 is 9.84 Å². The molecule has 1 saturated carbocycles. The molecule has 26 heavy (non-hydrogen) atoms. The lowest BCUT2D eigenvalue weighted by Crippen LogP contribution is -2.39. The number of hydrogen-bond donors (Lipinski definition) is 1. The quantitative estimate of drug-likeness (QED) is 0.356. The van der Waals surface area contributed by atoms with E-state index in [2.05, 4.69) is 15.9 Å². The van der Waals surface area contributed by atoms with Gasteiger partial charge in [-0.1, -0.05) is 53.2 Å². The summed E-state index contributed by atoms with van der Waals surface area (Å²) in [6, 6.07) is 13.6. The number of aliphatic carboxylic acids is 1. The van der Waals surface area contributed by atoms with Crippen molar-refractivity contribution in [3.8, 4) is 5.75 Å². The highest BCUT2D eigenvalue weighted by Crippen LogP contribution is 2.79. The van der Waals surface area contributed by atoms with Gasteiger partial charge in [0, 0.05) is 21.5 Å². The summed E-state index contributed by atoms with van der Waals surface area (Å²) in [5.41, 5.74) is -2.24. The van der Waals surface area contributed by atoms with Crippen LogP contribution in [0.1, 0.15) is 35.2 Å². The molecule has 1 aliphatic heterocycles. The van der Waals surface area contributed by atoms with E-state index in [9.17, 15) is 19.5 Å².